The van der Waals surface area contributed by atoms with E-state index in [-0.39, 0.29) is 0 Å². The van der Waals surface area contributed by atoms with Crippen LogP contribution in [0.25, 0.3) is 0 Å². The first-order valence-corrected chi connectivity index (χ1v) is 7.23. The molecule has 0 bridgehead atoms. The lowest BCUT2D eigenvalue weighted by Gasteiger charge is -2.20. The summed E-state index contributed by atoms with van der Waals surface area (Å²) in [6, 6.07) is 6.83. The van der Waals surface area contributed by atoms with Crippen LogP contribution >= 0.6 is 22.6 Å². The summed E-state index contributed by atoms with van der Waals surface area (Å²) in [6.07, 6.45) is 6.94. The number of allylic oxidation sites excluding steroid dienone is 2. The van der Waals surface area contributed by atoms with Crippen LogP contribution in [0, 0.1) is 3.57 Å². The Morgan fingerprint density at radius 1 is 1.12 bits per heavy atom. The molecule has 5 heteroatoms. The smallest absolute Gasteiger partial charge is 0.264 e. The predicted octanol–water partition coefficient (Wildman–Crippen LogP) is 2.37. The van der Waals surface area contributed by atoms with Crippen LogP contribution in [0.15, 0.2) is 53.6 Å². The van der Waals surface area contributed by atoms with Crippen LogP contribution < -0.4 is 0 Å². The highest BCUT2D eigenvalue weighted by molar-refractivity contribution is 14.1. The fourth-order valence-electron chi connectivity index (χ4n) is 1.37. The Kier molecular flexibility index (Phi) is 3.34. The Balaban J connectivity index is 2.35. The second-order valence-electron chi connectivity index (χ2n) is 3.30. The largest absolute Gasteiger partial charge is 0.270 e. The van der Waals surface area contributed by atoms with E-state index < -0.39 is 10.0 Å². The average molecular weight is 347 g/mol. The molecule has 0 amide bonds. The monoisotopic (exact) mass is 347 g/mol. The van der Waals surface area contributed by atoms with Gasteiger partial charge >= 0.3 is 0 Å². The Morgan fingerprint density at radius 3 is 2.38 bits per heavy atom. The molecule has 1 aliphatic rings. The SMILES string of the molecule is O=S(=O)(c1ccc(I)cc1)N1C=CC=CC1. The van der Waals surface area contributed by atoms with Crippen molar-refractivity contribution >= 4 is 32.6 Å². The van der Waals surface area contributed by atoms with E-state index >= 15 is 0 Å². The molecule has 0 saturated heterocycles. The number of hydrogen-bond acceptors (Lipinski definition) is 2. The van der Waals surface area contributed by atoms with Crippen LogP contribution in [-0.4, -0.2) is 19.3 Å². The van der Waals surface area contributed by atoms with E-state index in [1.54, 1.807) is 36.5 Å². The van der Waals surface area contributed by atoms with Crippen molar-refractivity contribution in [3.63, 3.8) is 0 Å². The molecule has 1 aliphatic heterocycles. The van der Waals surface area contributed by atoms with E-state index in [0.717, 1.165) is 3.57 Å². The molecule has 2 rings (SSSR count). The predicted molar refractivity (Wildman–Crippen MR) is 71.3 cm³/mol. The number of benzene rings is 1. The summed E-state index contributed by atoms with van der Waals surface area (Å²) in [6.45, 7) is 0.394. The average Bonchev–Trinajstić information content (AvgIpc) is 2.31. The third kappa shape index (κ3) is 2.30. The van der Waals surface area contributed by atoms with Gasteiger partial charge < -0.3 is 0 Å². The van der Waals surface area contributed by atoms with Gasteiger partial charge in [0, 0.05) is 9.77 Å². The molecule has 1 aromatic rings. The molecule has 16 heavy (non-hydrogen) atoms. The van der Waals surface area contributed by atoms with Gasteiger partial charge in [-0.05, 0) is 52.9 Å². The number of rotatable bonds is 2. The summed E-state index contributed by atoms with van der Waals surface area (Å²) >= 11 is 2.15. The minimum absolute atomic E-state index is 0.327. The third-order valence-electron chi connectivity index (χ3n) is 2.21. The van der Waals surface area contributed by atoms with E-state index in [0.29, 0.717) is 11.4 Å². The Bertz CT molecular complexity index is 532. The first kappa shape index (κ1) is 11.7. The highest BCUT2D eigenvalue weighted by Gasteiger charge is 2.20. The second kappa shape index (κ2) is 4.58. The first-order valence-electron chi connectivity index (χ1n) is 4.71. The fraction of sp³-hybridized carbons (Fsp3) is 0.0909. The van der Waals surface area contributed by atoms with E-state index in [9.17, 15) is 8.42 Å². The molecule has 3 nitrogen and oxygen atoms in total. The molecule has 0 spiro atoms. The summed E-state index contributed by atoms with van der Waals surface area (Å²) in [4.78, 5) is 0.327. The van der Waals surface area contributed by atoms with Crippen LogP contribution in [0.5, 0.6) is 0 Å². The summed E-state index contributed by atoms with van der Waals surface area (Å²) in [5.74, 6) is 0. The molecule has 0 radical (unpaired) electrons. The maximum absolute atomic E-state index is 12.1. The van der Waals surface area contributed by atoms with Gasteiger partial charge in [-0.3, -0.25) is 4.31 Å². The van der Waals surface area contributed by atoms with Crippen LogP contribution in [0.3, 0.4) is 0 Å². The molecule has 0 unspecified atom stereocenters. The number of hydrogen-bond donors (Lipinski definition) is 0. The molecule has 0 saturated carbocycles. The first-order chi connectivity index (χ1) is 7.60. The van der Waals surface area contributed by atoms with Crippen molar-refractivity contribution in [2.24, 2.45) is 0 Å². The van der Waals surface area contributed by atoms with Gasteiger partial charge in [-0.25, -0.2) is 8.42 Å². The Hall–Kier alpha value is -0.820. The fourth-order valence-corrected chi connectivity index (χ4v) is 2.99. The lowest BCUT2D eigenvalue weighted by molar-refractivity contribution is 0.520. The zero-order chi connectivity index (χ0) is 11.6. The Labute approximate surface area is 109 Å². The van der Waals surface area contributed by atoms with Gasteiger partial charge in [-0.15, -0.1) is 0 Å². The zero-order valence-electron chi connectivity index (χ0n) is 8.38. The van der Waals surface area contributed by atoms with Crippen molar-refractivity contribution in [2.45, 2.75) is 4.90 Å². The third-order valence-corrected chi connectivity index (χ3v) is 4.68. The summed E-state index contributed by atoms with van der Waals surface area (Å²) < 4.78 is 26.6. The van der Waals surface area contributed by atoms with E-state index in [2.05, 4.69) is 22.6 Å². The quantitative estimate of drug-likeness (QED) is 0.771. The van der Waals surface area contributed by atoms with Gasteiger partial charge in [0.25, 0.3) is 10.0 Å². The Morgan fingerprint density at radius 2 is 1.81 bits per heavy atom. The molecular formula is C11H10INO2S. The van der Waals surface area contributed by atoms with Gasteiger partial charge in [0.05, 0.1) is 11.4 Å². The molecule has 0 aliphatic carbocycles. The molecule has 0 N–H and O–H groups in total. The lowest BCUT2D eigenvalue weighted by atomic mass is 10.4. The minimum atomic E-state index is -3.39. The second-order valence-corrected chi connectivity index (χ2v) is 6.43. The van der Waals surface area contributed by atoms with Crippen LogP contribution in [0.1, 0.15) is 0 Å². The van der Waals surface area contributed by atoms with E-state index in [4.69, 9.17) is 0 Å². The standard InChI is InChI=1S/C11H10INO2S/c12-10-4-6-11(7-5-10)16(14,15)13-8-2-1-3-9-13/h1-8H,9H2. The highest BCUT2D eigenvalue weighted by atomic mass is 127. The van der Waals surface area contributed by atoms with Crippen molar-refractivity contribution in [3.8, 4) is 0 Å². The maximum Gasteiger partial charge on any atom is 0.264 e. The minimum Gasteiger partial charge on any atom is -0.270 e. The molecule has 0 aromatic heterocycles. The van der Waals surface area contributed by atoms with Gasteiger partial charge in [-0.2, -0.15) is 0 Å². The summed E-state index contributed by atoms with van der Waals surface area (Å²) in [5, 5.41) is 0. The molecule has 1 heterocycles. The molecule has 0 fully saturated rings. The lowest BCUT2D eigenvalue weighted by Crippen LogP contribution is -2.27. The zero-order valence-corrected chi connectivity index (χ0v) is 11.3. The molecule has 1 aromatic carbocycles. The van der Waals surface area contributed by atoms with Crippen molar-refractivity contribution < 1.29 is 8.42 Å². The number of nitrogens with zero attached hydrogens (tertiary/aromatic N) is 1. The van der Waals surface area contributed by atoms with Crippen LogP contribution in [-0.2, 0) is 10.0 Å². The van der Waals surface area contributed by atoms with Crippen molar-refractivity contribution in [3.05, 3.63) is 52.3 Å². The number of sulfonamides is 1. The summed E-state index contributed by atoms with van der Waals surface area (Å²) in [7, 11) is -3.39. The van der Waals surface area contributed by atoms with Crippen molar-refractivity contribution in [2.75, 3.05) is 6.54 Å². The summed E-state index contributed by atoms with van der Waals surface area (Å²) in [5.41, 5.74) is 0. The van der Waals surface area contributed by atoms with Gasteiger partial charge in [0.1, 0.15) is 0 Å². The number of halogens is 1. The molecular weight excluding hydrogens is 337 g/mol. The van der Waals surface area contributed by atoms with E-state index in [1.807, 2.05) is 12.2 Å². The van der Waals surface area contributed by atoms with E-state index in [1.165, 1.54) is 4.31 Å². The van der Waals surface area contributed by atoms with Crippen molar-refractivity contribution in [1.29, 1.82) is 0 Å². The van der Waals surface area contributed by atoms with Gasteiger partial charge in [-0.1, -0.05) is 12.2 Å². The topological polar surface area (TPSA) is 37.4 Å². The molecule has 0 atom stereocenters. The van der Waals surface area contributed by atoms with Gasteiger partial charge in [0.15, 0.2) is 0 Å². The van der Waals surface area contributed by atoms with Gasteiger partial charge in [0.2, 0.25) is 0 Å². The van der Waals surface area contributed by atoms with Crippen LogP contribution in [0.4, 0.5) is 0 Å². The van der Waals surface area contributed by atoms with Crippen LogP contribution in [0.2, 0.25) is 0 Å². The highest BCUT2D eigenvalue weighted by Crippen LogP contribution is 2.18. The van der Waals surface area contributed by atoms with Crippen molar-refractivity contribution in [1.82, 2.24) is 4.31 Å². The maximum atomic E-state index is 12.1. The normalized spacial score (nSPS) is 15.4. The molecule has 84 valence electrons.